The molecule has 10 heteroatoms. The minimum atomic E-state index is -5.77. The lowest BCUT2D eigenvalue weighted by atomic mass is 9.52. The van der Waals surface area contributed by atoms with Gasteiger partial charge in [-0.2, -0.15) is 21.6 Å². The molecule has 0 aromatic heterocycles. The van der Waals surface area contributed by atoms with Crippen molar-refractivity contribution in [3.05, 3.63) is 29.3 Å². The average molecular weight is 447 g/mol. The Morgan fingerprint density at radius 3 is 2.70 bits per heavy atom. The monoisotopic (exact) mass is 447 g/mol. The van der Waals surface area contributed by atoms with Gasteiger partial charge in [-0.25, -0.2) is 0 Å². The van der Waals surface area contributed by atoms with Crippen LogP contribution in [-0.2, 0) is 20.3 Å². The van der Waals surface area contributed by atoms with Gasteiger partial charge in [0, 0.05) is 24.6 Å². The highest BCUT2D eigenvalue weighted by molar-refractivity contribution is 7.88. The first-order valence-electron chi connectivity index (χ1n) is 10.0. The number of carbonyl (C=O) groups is 1. The number of Topliss-reactive ketones (excluding diaryl/α,β-unsaturated/α-hetero) is 1. The second-order valence-corrected chi connectivity index (χ2v) is 9.82. The van der Waals surface area contributed by atoms with Crippen LogP contribution in [-0.4, -0.2) is 57.5 Å². The lowest BCUT2D eigenvalue weighted by Gasteiger charge is -2.58. The van der Waals surface area contributed by atoms with Crippen molar-refractivity contribution in [1.29, 1.82) is 0 Å². The summed E-state index contributed by atoms with van der Waals surface area (Å²) in [6, 6.07) is 3.61. The van der Waals surface area contributed by atoms with Crippen LogP contribution in [0.2, 0.25) is 0 Å². The van der Waals surface area contributed by atoms with Crippen LogP contribution in [0.15, 0.2) is 18.2 Å². The second-order valence-electron chi connectivity index (χ2n) is 8.29. The van der Waals surface area contributed by atoms with Crippen molar-refractivity contribution in [2.24, 2.45) is 5.92 Å². The quantitative estimate of drug-likeness (QED) is 0.510. The standard InChI is InChI=1S/C20H24F3NO5S/c1-28-11-10-24-9-8-19-7-3-2-4-15(19)17(24)18(25)14-6-5-13(12-16(14)19)29-30(26,27)20(21,22)23/h5-6,12,15,17H,2-4,7-11H2,1H3/t15-,17-,19+/m0/s1. The van der Waals surface area contributed by atoms with E-state index < -0.39 is 21.4 Å². The van der Waals surface area contributed by atoms with Gasteiger partial charge in [-0.3, -0.25) is 9.69 Å². The van der Waals surface area contributed by atoms with Crippen LogP contribution < -0.4 is 4.18 Å². The van der Waals surface area contributed by atoms with Crippen LogP contribution in [0.1, 0.15) is 48.0 Å². The first-order valence-corrected chi connectivity index (χ1v) is 11.4. The van der Waals surface area contributed by atoms with Crippen molar-refractivity contribution >= 4 is 15.9 Å². The zero-order valence-electron chi connectivity index (χ0n) is 16.6. The van der Waals surface area contributed by atoms with Gasteiger partial charge in [0.05, 0.1) is 12.6 Å². The van der Waals surface area contributed by atoms with Gasteiger partial charge in [-0.15, -0.1) is 0 Å². The van der Waals surface area contributed by atoms with E-state index in [0.717, 1.165) is 38.2 Å². The highest BCUT2D eigenvalue weighted by Crippen LogP contribution is 2.56. The van der Waals surface area contributed by atoms with Crippen molar-refractivity contribution in [3.8, 4) is 5.75 Å². The summed E-state index contributed by atoms with van der Waals surface area (Å²) in [5.74, 6) is -0.419. The number of hydrogen-bond acceptors (Lipinski definition) is 6. The summed E-state index contributed by atoms with van der Waals surface area (Å²) in [7, 11) is -4.16. The third kappa shape index (κ3) is 3.33. The number of ether oxygens (including phenoxy) is 1. The van der Waals surface area contributed by atoms with Crippen molar-refractivity contribution in [2.75, 3.05) is 26.8 Å². The van der Waals surface area contributed by atoms with E-state index in [4.69, 9.17) is 4.74 Å². The molecular weight excluding hydrogens is 423 g/mol. The molecule has 1 aromatic carbocycles. The summed E-state index contributed by atoms with van der Waals surface area (Å²) < 4.78 is 70.7. The molecule has 1 aromatic rings. The van der Waals surface area contributed by atoms with Crippen molar-refractivity contribution < 1.29 is 35.3 Å². The fourth-order valence-electron chi connectivity index (χ4n) is 5.59. The summed E-state index contributed by atoms with van der Waals surface area (Å²) in [5.41, 5.74) is -4.77. The molecule has 1 saturated carbocycles. The predicted molar refractivity (Wildman–Crippen MR) is 102 cm³/mol. The van der Waals surface area contributed by atoms with E-state index in [1.807, 2.05) is 0 Å². The van der Waals surface area contributed by atoms with E-state index in [9.17, 15) is 26.4 Å². The van der Waals surface area contributed by atoms with Gasteiger partial charge in [0.25, 0.3) is 0 Å². The normalized spacial score (nSPS) is 29.3. The van der Waals surface area contributed by atoms with Gasteiger partial charge in [-0.05, 0) is 55.5 Å². The maximum Gasteiger partial charge on any atom is 0.534 e. The molecule has 3 aliphatic rings. The number of likely N-dealkylation sites (tertiary alicyclic amines) is 1. The number of rotatable bonds is 5. The Bertz CT molecular complexity index is 948. The van der Waals surface area contributed by atoms with Crippen LogP contribution in [0, 0.1) is 5.92 Å². The maximum absolute atomic E-state index is 13.4. The van der Waals surface area contributed by atoms with Gasteiger partial charge < -0.3 is 8.92 Å². The Labute approximate surface area is 173 Å². The number of piperidine rings is 1. The number of ketones is 1. The van der Waals surface area contributed by atoms with E-state index in [2.05, 4.69) is 9.08 Å². The van der Waals surface area contributed by atoms with E-state index in [0.29, 0.717) is 30.8 Å². The summed E-state index contributed by atoms with van der Waals surface area (Å²) in [5, 5.41) is 0. The molecular formula is C20H24F3NO5S. The maximum atomic E-state index is 13.4. The molecule has 1 heterocycles. The predicted octanol–water partition coefficient (Wildman–Crippen LogP) is 3.26. The molecule has 0 N–H and O–H groups in total. The molecule has 2 fully saturated rings. The molecule has 0 spiro atoms. The summed E-state index contributed by atoms with van der Waals surface area (Å²) in [6.07, 6.45) is 4.38. The highest BCUT2D eigenvalue weighted by Gasteiger charge is 2.57. The van der Waals surface area contributed by atoms with E-state index in [1.165, 1.54) is 12.1 Å². The Morgan fingerprint density at radius 1 is 1.23 bits per heavy atom. The summed E-state index contributed by atoms with van der Waals surface area (Å²) >= 11 is 0. The number of fused-ring (bicyclic) bond motifs is 1. The molecule has 166 valence electrons. The minimum Gasteiger partial charge on any atom is -0.383 e. The molecule has 2 aliphatic carbocycles. The first-order chi connectivity index (χ1) is 14.1. The van der Waals surface area contributed by atoms with Crippen molar-refractivity contribution in [1.82, 2.24) is 4.90 Å². The Balaban J connectivity index is 1.76. The second kappa shape index (κ2) is 7.49. The van der Waals surface area contributed by atoms with Gasteiger partial charge in [0.2, 0.25) is 0 Å². The third-order valence-corrected chi connectivity index (χ3v) is 7.83. The van der Waals surface area contributed by atoms with E-state index in [1.54, 1.807) is 7.11 Å². The Kier molecular flexibility index (Phi) is 5.39. The molecule has 6 nitrogen and oxygen atoms in total. The van der Waals surface area contributed by atoms with E-state index in [-0.39, 0.29) is 23.2 Å². The lowest BCUT2D eigenvalue weighted by Crippen LogP contribution is -2.63. The van der Waals surface area contributed by atoms with Gasteiger partial charge in [0.1, 0.15) is 5.75 Å². The SMILES string of the molecule is COCCN1CC[C@]23CCCC[C@H]2[C@H]1C(=O)c1ccc(OS(=O)(=O)C(F)(F)F)cc13. The van der Waals surface area contributed by atoms with Crippen LogP contribution in [0.5, 0.6) is 5.75 Å². The number of alkyl halides is 3. The number of methoxy groups -OCH3 is 1. The smallest absolute Gasteiger partial charge is 0.383 e. The van der Waals surface area contributed by atoms with Crippen LogP contribution in [0.4, 0.5) is 13.2 Å². The molecule has 1 aliphatic heterocycles. The van der Waals surface area contributed by atoms with Crippen LogP contribution in [0.3, 0.4) is 0 Å². The average Bonchev–Trinajstić information content (AvgIpc) is 2.69. The minimum absolute atomic E-state index is 0.0475. The van der Waals surface area contributed by atoms with Gasteiger partial charge in [0.15, 0.2) is 5.78 Å². The number of benzene rings is 1. The number of carbonyl (C=O) groups excluding carboxylic acids is 1. The molecule has 1 saturated heterocycles. The Morgan fingerprint density at radius 2 is 2.00 bits per heavy atom. The molecule has 30 heavy (non-hydrogen) atoms. The topological polar surface area (TPSA) is 72.9 Å². The van der Waals surface area contributed by atoms with Crippen molar-refractivity contribution in [3.63, 3.8) is 0 Å². The zero-order valence-corrected chi connectivity index (χ0v) is 17.4. The van der Waals surface area contributed by atoms with Crippen molar-refractivity contribution in [2.45, 2.75) is 49.1 Å². The van der Waals surface area contributed by atoms with E-state index >= 15 is 0 Å². The lowest BCUT2D eigenvalue weighted by molar-refractivity contribution is -0.0500. The zero-order chi connectivity index (χ0) is 21.7. The Hall–Kier alpha value is -1.65. The van der Waals surface area contributed by atoms with Crippen LogP contribution >= 0.6 is 0 Å². The van der Waals surface area contributed by atoms with Gasteiger partial charge >= 0.3 is 15.6 Å². The number of hydrogen-bond donors (Lipinski definition) is 0. The summed E-state index contributed by atoms with van der Waals surface area (Å²) in [4.78, 5) is 15.5. The number of nitrogens with zero attached hydrogens (tertiary/aromatic N) is 1. The molecule has 4 rings (SSSR count). The van der Waals surface area contributed by atoms with Crippen LogP contribution in [0.25, 0.3) is 0 Å². The third-order valence-electron chi connectivity index (χ3n) is 6.85. The fourth-order valence-corrected chi connectivity index (χ4v) is 6.04. The molecule has 0 amide bonds. The molecule has 0 radical (unpaired) electrons. The van der Waals surface area contributed by atoms with Gasteiger partial charge in [-0.1, -0.05) is 12.8 Å². The molecule has 2 bridgehead atoms. The molecule has 3 atom stereocenters. The first kappa shape index (κ1) is 21.6. The number of halogens is 3. The summed E-state index contributed by atoms with van der Waals surface area (Å²) in [6.45, 7) is 1.83. The fraction of sp³-hybridized carbons (Fsp3) is 0.650. The largest absolute Gasteiger partial charge is 0.534 e. The highest BCUT2D eigenvalue weighted by atomic mass is 32.2. The molecule has 0 unspecified atom stereocenters.